The summed E-state index contributed by atoms with van der Waals surface area (Å²) in [5, 5.41) is 14.3. The summed E-state index contributed by atoms with van der Waals surface area (Å²) in [7, 11) is 0. The van der Waals surface area contributed by atoms with Gasteiger partial charge >= 0.3 is 0 Å². The zero-order valence-electron chi connectivity index (χ0n) is 12.8. The van der Waals surface area contributed by atoms with Crippen molar-refractivity contribution < 1.29 is 4.74 Å². The van der Waals surface area contributed by atoms with E-state index in [-0.39, 0.29) is 0 Å². The SMILES string of the molecule is N#Cc1cc(NC2CCOC(C3CC3)C2)nc2ccc(Cl)cc12. The molecule has 2 fully saturated rings. The summed E-state index contributed by atoms with van der Waals surface area (Å²) in [6.45, 7) is 0.799. The molecule has 4 nitrogen and oxygen atoms in total. The van der Waals surface area contributed by atoms with Crippen molar-refractivity contribution in [1.82, 2.24) is 4.98 Å². The fraction of sp³-hybridized carbons (Fsp3) is 0.444. The minimum atomic E-state index is 0.359. The first-order chi connectivity index (χ1) is 11.2. The Kier molecular flexibility index (Phi) is 3.84. The van der Waals surface area contributed by atoms with Gasteiger partial charge in [-0.15, -0.1) is 0 Å². The Balaban J connectivity index is 1.59. The van der Waals surface area contributed by atoms with Crippen molar-refractivity contribution in [3.05, 3.63) is 34.9 Å². The first kappa shape index (κ1) is 14.7. The van der Waals surface area contributed by atoms with Crippen LogP contribution in [-0.2, 0) is 4.74 Å². The predicted molar refractivity (Wildman–Crippen MR) is 90.6 cm³/mol. The Hall–Kier alpha value is -1.83. The average molecular weight is 328 g/mol. The second kappa shape index (κ2) is 5.99. The van der Waals surface area contributed by atoms with E-state index in [1.54, 1.807) is 12.1 Å². The maximum Gasteiger partial charge on any atom is 0.128 e. The molecule has 1 N–H and O–H groups in total. The predicted octanol–water partition coefficient (Wildman–Crippen LogP) is 4.13. The van der Waals surface area contributed by atoms with Gasteiger partial charge in [-0.3, -0.25) is 0 Å². The lowest BCUT2D eigenvalue weighted by molar-refractivity contribution is -0.00222. The first-order valence-corrected chi connectivity index (χ1v) is 8.49. The third-order valence-corrected chi connectivity index (χ3v) is 4.94. The molecule has 118 valence electrons. The van der Waals surface area contributed by atoms with E-state index in [9.17, 15) is 5.26 Å². The standard InChI is InChI=1S/C18H18ClN3O/c19-13-3-4-16-15(8-13)12(10-20)7-18(22-16)21-14-5-6-23-17(9-14)11-1-2-11/h3-4,7-8,11,14,17H,1-2,5-6,9H2,(H,21,22). The summed E-state index contributed by atoms with van der Waals surface area (Å²) in [6.07, 6.45) is 4.98. The molecule has 1 saturated carbocycles. The molecule has 1 saturated heterocycles. The zero-order chi connectivity index (χ0) is 15.8. The van der Waals surface area contributed by atoms with Crippen LogP contribution in [0.5, 0.6) is 0 Å². The highest BCUT2D eigenvalue weighted by atomic mass is 35.5. The van der Waals surface area contributed by atoms with Crippen molar-refractivity contribution in [2.45, 2.75) is 37.8 Å². The van der Waals surface area contributed by atoms with E-state index in [1.165, 1.54) is 12.8 Å². The number of aromatic nitrogens is 1. The highest BCUT2D eigenvalue weighted by Crippen LogP contribution is 2.38. The number of hydrogen-bond donors (Lipinski definition) is 1. The van der Waals surface area contributed by atoms with E-state index in [0.717, 1.165) is 42.1 Å². The van der Waals surface area contributed by atoms with Crippen LogP contribution in [0.25, 0.3) is 10.9 Å². The Morgan fingerprint density at radius 1 is 1.26 bits per heavy atom. The minimum Gasteiger partial charge on any atom is -0.378 e. The lowest BCUT2D eigenvalue weighted by Crippen LogP contribution is -2.35. The molecule has 0 bridgehead atoms. The second-order valence-corrected chi connectivity index (χ2v) is 6.88. The van der Waals surface area contributed by atoms with Gasteiger partial charge in [0.15, 0.2) is 0 Å². The van der Waals surface area contributed by atoms with E-state index in [2.05, 4.69) is 16.4 Å². The number of ether oxygens (including phenoxy) is 1. The van der Waals surface area contributed by atoms with E-state index in [1.807, 2.05) is 12.1 Å². The van der Waals surface area contributed by atoms with Crippen molar-refractivity contribution in [2.75, 3.05) is 11.9 Å². The van der Waals surface area contributed by atoms with E-state index in [4.69, 9.17) is 16.3 Å². The number of fused-ring (bicyclic) bond motifs is 1. The van der Waals surface area contributed by atoms with Crippen LogP contribution in [0.2, 0.25) is 5.02 Å². The van der Waals surface area contributed by atoms with Crippen LogP contribution in [0, 0.1) is 17.2 Å². The number of benzene rings is 1. The van der Waals surface area contributed by atoms with Crippen LogP contribution in [-0.4, -0.2) is 23.7 Å². The third kappa shape index (κ3) is 3.12. The molecule has 4 rings (SSSR count). The second-order valence-electron chi connectivity index (χ2n) is 6.44. The Morgan fingerprint density at radius 3 is 2.91 bits per heavy atom. The van der Waals surface area contributed by atoms with Crippen LogP contribution in [0.3, 0.4) is 0 Å². The molecule has 23 heavy (non-hydrogen) atoms. The average Bonchev–Trinajstić information content (AvgIpc) is 3.40. The van der Waals surface area contributed by atoms with Crippen LogP contribution in [0.15, 0.2) is 24.3 Å². The van der Waals surface area contributed by atoms with Gasteiger partial charge in [-0.05, 0) is 55.9 Å². The number of rotatable bonds is 3. The number of halogens is 1. The highest BCUT2D eigenvalue weighted by molar-refractivity contribution is 6.31. The monoisotopic (exact) mass is 327 g/mol. The molecule has 1 aromatic carbocycles. The summed E-state index contributed by atoms with van der Waals surface area (Å²) in [4.78, 5) is 4.64. The summed E-state index contributed by atoms with van der Waals surface area (Å²) >= 11 is 6.03. The fourth-order valence-electron chi connectivity index (χ4n) is 3.33. The third-order valence-electron chi connectivity index (χ3n) is 4.71. The number of nitrogens with one attached hydrogen (secondary N) is 1. The lowest BCUT2D eigenvalue weighted by atomic mass is 10.00. The van der Waals surface area contributed by atoms with Crippen molar-refractivity contribution in [1.29, 1.82) is 5.26 Å². The van der Waals surface area contributed by atoms with Crippen LogP contribution in [0.1, 0.15) is 31.2 Å². The molecular formula is C18H18ClN3O. The van der Waals surface area contributed by atoms with Gasteiger partial charge in [0.1, 0.15) is 5.82 Å². The molecule has 1 aromatic heterocycles. The molecule has 0 spiro atoms. The topological polar surface area (TPSA) is 57.9 Å². The summed E-state index contributed by atoms with van der Waals surface area (Å²) < 4.78 is 5.87. The minimum absolute atomic E-state index is 0.359. The molecule has 2 unspecified atom stereocenters. The number of hydrogen-bond acceptors (Lipinski definition) is 4. The zero-order valence-corrected chi connectivity index (χ0v) is 13.5. The molecule has 0 radical (unpaired) electrons. The molecule has 2 atom stereocenters. The molecule has 0 amide bonds. The fourth-order valence-corrected chi connectivity index (χ4v) is 3.50. The van der Waals surface area contributed by atoms with Gasteiger partial charge < -0.3 is 10.1 Å². The van der Waals surface area contributed by atoms with Gasteiger partial charge in [-0.2, -0.15) is 5.26 Å². The Bertz CT molecular complexity index is 782. The number of pyridine rings is 1. The molecule has 1 aliphatic heterocycles. The Labute approximate surface area is 140 Å². The van der Waals surface area contributed by atoms with Crippen LogP contribution >= 0.6 is 11.6 Å². The van der Waals surface area contributed by atoms with Gasteiger partial charge in [-0.1, -0.05) is 11.6 Å². The van der Waals surface area contributed by atoms with Crippen molar-refractivity contribution in [2.24, 2.45) is 5.92 Å². The van der Waals surface area contributed by atoms with Gasteiger partial charge in [0.2, 0.25) is 0 Å². The van der Waals surface area contributed by atoms with Gasteiger partial charge in [0.25, 0.3) is 0 Å². The van der Waals surface area contributed by atoms with E-state index >= 15 is 0 Å². The van der Waals surface area contributed by atoms with E-state index < -0.39 is 0 Å². The molecular weight excluding hydrogens is 310 g/mol. The molecule has 5 heteroatoms. The maximum atomic E-state index is 9.41. The number of nitriles is 1. The molecule has 2 heterocycles. The molecule has 2 aliphatic rings. The van der Waals surface area contributed by atoms with Crippen molar-refractivity contribution >= 4 is 28.3 Å². The quantitative estimate of drug-likeness (QED) is 0.920. The Morgan fingerprint density at radius 2 is 2.13 bits per heavy atom. The molecule has 2 aromatic rings. The number of anilines is 1. The van der Waals surface area contributed by atoms with Crippen molar-refractivity contribution in [3.8, 4) is 6.07 Å². The maximum absolute atomic E-state index is 9.41. The van der Waals surface area contributed by atoms with Crippen LogP contribution < -0.4 is 5.32 Å². The van der Waals surface area contributed by atoms with Crippen LogP contribution in [0.4, 0.5) is 5.82 Å². The lowest BCUT2D eigenvalue weighted by Gasteiger charge is -2.30. The van der Waals surface area contributed by atoms with Gasteiger partial charge in [0.05, 0.1) is 23.3 Å². The highest BCUT2D eigenvalue weighted by Gasteiger charge is 2.35. The summed E-state index contributed by atoms with van der Waals surface area (Å²) in [5.41, 5.74) is 1.40. The molecule has 1 aliphatic carbocycles. The smallest absolute Gasteiger partial charge is 0.128 e. The summed E-state index contributed by atoms with van der Waals surface area (Å²) in [6, 6.07) is 9.89. The van der Waals surface area contributed by atoms with E-state index in [0.29, 0.717) is 22.7 Å². The van der Waals surface area contributed by atoms with Gasteiger partial charge in [0, 0.05) is 23.1 Å². The largest absolute Gasteiger partial charge is 0.378 e. The summed E-state index contributed by atoms with van der Waals surface area (Å²) in [5.74, 6) is 1.51. The van der Waals surface area contributed by atoms with Gasteiger partial charge in [-0.25, -0.2) is 4.98 Å². The van der Waals surface area contributed by atoms with Crippen molar-refractivity contribution in [3.63, 3.8) is 0 Å². The first-order valence-electron chi connectivity index (χ1n) is 8.11. The normalized spacial score (nSPS) is 24.3. The number of nitrogens with zero attached hydrogens (tertiary/aromatic N) is 2.